The zero-order valence-corrected chi connectivity index (χ0v) is 42.3. The van der Waals surface area contributed by atoms with Crippen LogP contribution < -0.4 is 0 Å². The van der Waals surface area contributed by atoms with E-state index in [1.807, 2.05) is 0 Å². The average molecular weight is 981 g/mol. The van der Waals surface area contributed by atoms with Gasteiger partial charge in [-0.1, -0.05) is 212 Å². The van der Waals surface area contributed by atoms with Crippen LogP contribution in [0, 0.1) is 0 Å². The summed E-state index contributed by atoms with van der Waals surface area (Å²) in [6.45, 7) is 2.14. The monoisotopic (exact) mass is 980 g/mol. The number of fused-ring (bicyclic) bond motifs is 9. The summed E-state index contributed by atoms with van der Waals surface area (Å²) in [5.41, 5.74) is 27.2. The molecule has 3 heterocycles. The molecule has 0 unspecified atom stereocenters. The van der Waals surface area contributed by atoms with E-state index in [1.54, 1.807) is 0 Å². The molecule has 360 valence electrons. The maximum Gasteiger partial charge on any atom is 0.136 e. The molecule has 3 heteroatoms. The molecule has 13 aromatic rings. The number of rotatable bonds is 8. The van der Waals surface area contributed by atoms with Crippen molar-refractivity contribution in [2.24, 2.45) is 4.99 Å². The summed E-state index contributed by atoms with van der Waals surface area (Å²) in [5.74, 6) is 0. The lowest BCUT2D eigenvalue weighted by Gasteiger charge is -2.34. The van der Waals surface area contributed by atoms with Crippen LogP contribution >= 0.6 is 0 Å². The molecule has 0 fully saturated rings. The van der Waals surface area contributed by atoms with Crippen molar-refractivity contribution in [3.05, 3.63) is 323 Å². The number of benzene rings is 11. The van der Waals surface area contributed by atoms with E-state index in [0.717, 1.165) is 94.6 Å². The number of hydrogen-bond donors (Lipinski definition) is 0. The van der Waals surface area contributed by atoms with Crippen molar-refractivity contribution in [3.63, 3.8) is 0 Å². The molecule has 0 amide bonds. The predicted octanol–water partition coefficient (Wildman–Crippen LogP) is 18.9. The van der Waals surface area contributed by atoms with E-state index in [1.165, 1.54) is 49.7 Å². The number of allylic oxidation sites excluding steroid dienone is 2. The number of hydrogen-bond acceptors (Lipinski definition) is 2. The molecule has 2 aromatic heterocycles. The number of para-hydroxylation sites is 1. The highest BCUT2D eigenvalue weighted by Gasteiger charge is 2.46. The van der Waals surface area contributed by atoms with Crippen LogP contribution in [0.2, 0.25) is 0 Å². The fourth-order valence-electron chi connectivity index (χ4n) is 12.6. The zero-order valence-electron chi connectivity index (χ0n) is 42.3. The zero-order chi connectivity index (χ0) is 51.0. The molecule has 2 aliphatic rings. The van der Waals surface area contributed by atoms with Gasteiger partial charge in [-0.2, -0.15) is 0 Å². The molecule has 0 saturated heterocycles. The van der Waals surface area contributed by atoms with E-state index in [4.69, 9.17) is 9.41 Å². The van der Waals surface area contributed by atoms with Crippen LogP contribution in [-0.4, -0.2) is 10.3 Å². The van der Waals surface area contributed by atoms with Gasteiger partial charge in [-0.25, -0.2) is 4.99 Å². The lowest BCUT2D eigenvalue weighted by atomic mass is 9.67. The summed E-state index contributed by atoms with van der Waals surface area (Å²) >= 11 is 0. The van der Waals surface area contributed by atoms with Gasteiger partial charge in [0.1, 0.15) is 11.2 Å². The largest absolute Gasteiger partial charge is 0.456 e. The lowest BCUT2D eigenvalue weighted by molar-refractivity contribution is 0.669. The fourth-order valence-corrected chi connectivity index (χ4v) is 12.6. The first-order chi connectivity index (χ1) is 38.1. The standard InChI is InChI=1S/C74H48N2O/c1-48-41-55(53-27-18-25-51(42-53)49-21-6-2-7-22-49)44-67(54-28-19-26-52(43-54)50-23-8-3-9-24-50)75-73(48)61-35-20-38-71-72(61)64-45-58(39-40-70(64)77-71)76-68-37-17-15-34-60(68)63-46-62-59-33-14-16-36-65(59)74(66(62)47-69(63)76,56-29-10-4-11-30-56)57-31-12-5-13-32-57/h2-40,42-47H,1H3. The summed E-state index contributed by atoms with van der Waals surface area (Å²) in [4.78, 5) is 5.70. The van der Waals surface area contributed by atoms with Crippen LogP contribution in [-0.2, 0) is 5.41 Å². The Morgan fingerprint density at radius 3 is 1.71 bits per heavy atom. The first-order valence-corrected chi connectivity index (χ1v) is 26.4. The molecular weight excluding hydrogens is 933 g/mol. The van der Waals surface area contributed by atoms with Crippen molar-refractivity contribution >= 4 is 60.7 Å². The number of nitrogens with zero attached hydrogens (tertiary/aromatic N) is 2. The summed E-state index contributed by atoms with van der Waals surface area (Å²) in [5, 5.41) is 4.45. The normalized spacial score (nSPS) is 13.7. The van der Waals surface area contributed by atoms with Crippen molar-refractivity contribution in [3.8, 4) is 39.1 Å². The molecule has 15 rings (SSSR count). The SMILES string of the molecule is CC1=C=C(c2cccc(-c3ccccc3)c2)C=C(c2cccc(-c3ccccc3)c2)N=C1c1cccc2oc3ccc(-n4c5ccccc5c5cc6c(cc54)C(c4ccccc4)(c4ccccc4)c4ccccc4-6)cc3c12. The van der Waals surface area contributed by atoms with E-state index in [2.05, 4.69) is 290 Å². The van der Waals surface area contributed by atoms with Crippen LogP contribution in [0.4, 0.5) is 0 Å². The Hall–Kier alpha value is -10.1. The van der Waals surface area contributed by atoms with Gasteiger partial charge >= 0.3 is 0 Å². The van der Waals surface area contributed by atoms with Gasteiger partial charge < -0.3 is 8.98 Å². The number of aromatic nitrogens is 1. The second kappa shape index (κ2) is 17.8. The van der Waals surface area contributed by atoms with Gasteiger partial charge in [-0.15, -0.1) is 5.73 Å². The topological polar surface area (TPSA) is 30.4 Å². The molecule has 1 aliphatic heterocycles. The highest BCUT2D eigenvalue weighted by molar-refractivity contribution is 6.25. The van der Waals surface area contributed by atoms with Gasteiger partial charge in [-0.05, 0) is 129 Å². The Labute approximate surface area is 447 Å². The van der Waals surface area contributed by atoms with Crippen molar-refractivity contribution in [2.75, 3.05) is 0 Å². The van der Waals surface area contributed by atoms with Gasteiger partial charge in [0.25, 0.3) is 0 Å². The maximum absolute atomic E-state index is 6.83. The van der Waals surface area contributed by atoms with E-state index in [0.29, 0.717) is 0 Å². The Kier molecular flexibility index (Phi) is 10.3. The third-order valence-corrected chi connectivity index (χ3v) is 16.0. The molecule has 0 radical (unpaired) electrons. The van der Waals surface area contributed by atoms with Crippen LogP contribution in [0.3, 0.4) is 0 Å². The van der Waals surface area contributed by atoms with Crippen molar-refractivity contribution in [1.29, 1.82) is 0 Å². The molecule has 0 spiro atoms. The summed E-state index contributed by atoms with van der Waals surface area (Å²) in [7, 11) is 0. The summed E-state index contributed by atoms with van der Waals surface area (Å²) < 4.78 is 9.29. The Morgan fingerprint density at radius 1 is 0.403 bits per heavy atom. The molecule has 0 bridgehead atoms. The maximum atomic E-state index is 6.83. The van der Waals surface area contributed by atoms with Crippen molar-refractivity contribution < 1.29 is 4.42 Å². The quantitative estimate of drug-likeness (QED) is 0.140. The Morgan fingerprint density at radius 2 is 0.987 bits per heavy atom. The highest BCUT2D eigenvalue weighted by atomic mass is 16.3. The molecule has 1 aliphatic carbocycles. The van der Waals surface area contributed by atoms with Crippen molar-refractivity contribution in [1.82, 2.24) is 4.57 Å². The van der Waals surface area contributed by atoms with Gasteiger partial charge in [-0.3, -0.25) is 0 Å². The molecule has 0 atom stereocenters. The smallest absolute Gasteiger partial charge is 0.136 e. The number of aliphatic imine (C=N–C) groups is 1. The minimum Gasteiger partial charge on any atom is -0.456 e. The van der Waals surface area contributed by atoms with Crippen LogP contribution in [0.5, 0.6) is 0 Å². The van der Waals surface area contributed by atoms with Gasteiger partial charge in [0.05, 0.1) is 27.9 Å². The van der Waals surface area contributed by atoms with Crippen LogP contribution in [0.1, 0.15) is 45.9 Å². The highest BCUT2D eigenvalue weighted by Crippen LogP contribution is 2.57. The third-order valence-electron chi connectivity index (χ3n) is 16.0. The molecule has 0 saturated carbocycles. The molecule has 0 N–H and O–H groups in total. The van der Waals surface area contributed by atoms with E-state index < -0.39 is 5.41 Å². The first-order valence-electron chi connectivity index (χ1n) is 26.4. The van der Waals surface area contributed by atoms with E-state index in [9.17, 15) is 0 Å². The second-order valence-corrected chi connectivity index (χ2v) is 20.3. The van der Waals surface area contributed by atoms with E-state index in [-0.39, 0.29) is 0 Å². The lowest BCUT2D eigenvalue weighted by Crippen LogP contribution is -2.28. The minimum absolute atomic E-state index is 0.538. The third kappa shape index (κ3) is 7.10. The van der Waals surface area contributed by atoms with Crippen molar-refractivity contribution in [2.45, 2.75) is 12.3 Å². The minimum atomic E-state index is -0.538. The average Bonchev–Trinajstić information content (AvgIpc) is 4.30. The summed E-state index contributed by atoms with van der Waals surface area (Å²) in [6, 6.07) is 96.6. The van der Waals surface area contributed by atoms with Gasteiger partial charge in [0.2, 0.25) is 0 Å². The Balaban J connectivity index is 0.948. The second-order valence-electron chi connectivity index (χ2n) is 20.3. The molecular formula is C74H48N2O. The fraction of sp³-hybridized carbons (Fsp3) is 0.0270. The molecule has 3 nitrogen and oxygen atoms in total. The van der Waals surface area contributed by atoms with E-state index >= 15 is 0 Å². The van der Waals surface area contributed by atoms with Crippen LogP contribution in [0.15, 0.2) is 294 Å². The Bertz CT molecular complexity index is 4600. The first kappa shape index (κ1) is 44.4. The molecule has 77 heavy (non-hydrogen) atoms. The van der Waals surface area contributed by atoms with Gasteiger partial charge in [0.15, 0.2) is 0 Å². The summed E-state index contributed by atoms with van der Waals surface area (Å²) in [6.07, 6.45) is 2.21. The van der Waals surface area contributed by atoms with Gasteiger partial charge in [0, 0.05) is 49.5 Å². The van der Waals surface area contributed by atoms with Crippen LogP contribution in [0.25, 0.3) is 94.1 Å². The predicted molar refractivity (Wildman–Crippen MR) is 320 cm³/mol. The molecule has 11 aromatic carbocycles. The number of furan rings is 1.